The molecule has 0 amide bonds. The van der Waals surface area contributed by atoms with Crippen LogP contribution in [0.4, 0.5) is 5.69 Å². The minimum atomic E-state index is -0.146. The number of unbranched alkanes of at least 4 members (excludes halogenated alkanes) is 1. The number of ether oxygens (including phenoxy) is 1. The number of pyridine rings is 1. The number of carbonyl (C=O) groups is 1. The molecule has 0 N–H and O–H groups in total. The maximum atomic E-state index is 11.7. The monoisotopic (exact) mass is 353 g/mol. The molecule has 1 aromatic carbocycles. The molecule has 26 heavy (non-hydrogen) atoms. The number of benzene rings is 1. The highest BCUT2D eigenvalue weighted by molar-refractivity contribution is 5.72. The first kappa shape index (κ1) is 18.4. The van der Waals surface area contributed by atoms with E-state index in [0.29, 0.717) is 12.2 Å². The van der Waals surface area contributed by atoms with Gasteiger partial charge >= 0.3 is 5.97 Å². The summed E-state index contributed by atoms with van der Waals surface area (Å²) < 4.78 is 5.36. The van der Waals surface area contributed by atoms with Crippen LogP contribution in [0.1, 0.15) is 31.7 Å². The minimum Gasteiger partial charge on any atom is -0.427 e. The van der Waals surface area contributed by atoms with Crippen LogP contribution in [0.2, 0.25) is 0 Å². The second kappa shape index (κ2) is 9.34. The molecule has 0 unspecified atom stereocenters. The lowest BCUT2D eigenvalue weighted by Crippen LogP contribution is -2.45. The number of aromatic nitrogens is 1. The summed E-state index contributed by atoms with van der Waals surface area (Å²) in [6, 6.07) is 12.0. The van der Waals surface area contributed by atoms with Crippen molar-refractivity contribution in [1.82, 2.24) is 9.88 Å². The van der Waals surface area contributed by atoms with E-state index in [2.05, 4.69) is 46.0 Å². The summed E-state index contributed by atoms with van der Waals surface area (Å²) in [4.78, 5) is 20.6. The minimum absolute atomic E-state index is 0.146. The number of piperazine rings is 1. The van der Waals surface area contributed by atoms with E-state index in [1.165, 1.54) is 11.3 Å². The first-order valence-corrected chi connectivity index (χ1v) is 9.41. The second-order valence-corrected chi connectivity index (χ2v) is 6.69. The SMILES string of the molecule is CCCCC(=O)Oc1ccc(CN2CCN(c3ccncc3)CC2)cc1. The highest BCUT2D eigenvalue weighted by Gasteiger charge is 2.17. The maximum Gasteiger partial charge on any atom is 0.311 e. The molecule has 5 heteroatoms. The van der Waals surface area contributed by atoms with Crippen molar-refractivity contribution in [1.29, 1.82) is 0 Å². The van der Waals surface area contributed by atoms with Gasteiger partial charge in [-0.05, 0) is 36.2 Å². The fourth-order valence-electron chi connectivity index (χ4n) is 3.14. The van der Waals surface area contributed by atoms with Gasteiger partial charge in [0, 0.05) is 57.2 Å². The topological polar surface area (TPSA) is 45.7 Å². The van der Waals surface area contributed by atoms with Crippen LogP contribution < -0.4 is 9.64 Å². The van der Waals surface area contributed by atoms with Crippen molar-refractivity contribution in [3.8, 4) is 5.75 Å². The van der Waals surface area contributed by atoms with Crippen LogP contribution >= 0.6 is 0 Å². The Morgan fingerprint density at radius 1 is 1.04 bits per heavy atom. The van der Waals surface area contributed by atoms with Gasteiger partial charge in [0.25, 0.3) is 0 Å². The average Bonchev–Trinajstić information content (AvgIpc) is 2.69. The molecule has 5 nitrogen and oxygen atoms in total. The van der Waals surface area contributed by atoms with Gasteiger partial charge in [0.05, 0.1) is 0 Å². The molecule has 2 aromatic rings. The van der Waals surface area contributed by atoms with Crippen molar-refractivity contribution in [3.63, 3.8) is 0 Å². The van der Waals surface area contributed by atoms with Crippen LogP contribution in [-0.4, -0.2) is 42.0 Å². The highest BCUT2D eigenvalue weighted by Crippen LogP contribution is 2.18. The molecule has 0 bridgehead atoms. The standard InChI is InChI=1S/C21H27N3O2/c1-2-3-4-21(25)26-20-7-5-18(6-8-20)17-23-13-15-24(16-14-23)19-9-11-22-12-10-19/h5-12H,2-4,13-17H2,1H3. The summed E-state index contributed by atoms with van der Waals surface area (Å²) >= 11 is 0. The normalized spacial score (nSPS) is 15.0. The number of esters is 1. The quantitative estimate of drug-likeness (QED) is 0.563. The zero-order valence-corrected chi connectivity index (χ0v) is 15.4. The van der Waals surface area contributed by atoms with Gasteiger partial charge in [-0.3, -0.25) is 14.7 Å². The van der Waals surface area contributed by atoms with Crippen LogP contribution in [0.25, 0.3) is 0 Å². The molecular formula is C21H27N3O2. The molecule has 0 aliphatic carbocycles. The van der Waals surface area contributed by atoms with Crippen LogP contribution in [0.3, 0.4) is 0 Å². The first-order valence-electron chi connectivity index (χ1n) is 9.41. The van der Waals surface area contributed by atoms with E-state index < -0.39 is 0 Å². The van der Waals surface area contributed by atoms with Crippen molar-refractivity contribution < 1.29 is 9.53 Å². The fraction of sp³-hybridized carbons (Fsp3) is 0.429. The van der Waals surface area contributed by atoms with E-state index in [1.54, 1.807) is 0 Å². The van der Waals surface area contributed by atoms with Gasteiger partial charge in [-0.1, -0.05) is 25.5 Å². The van der Waals surface area contributed by atoms with Gasteiger partial charge < -0.3 is 9.64 Å². The number of carbonyl (C=O) groups excluding carboxylic acids is 1. The molecule has 0 radical (unpaired) electrons. The summed E-state index contributed by atoms with van der Waals surface area (Å²) in [7, 11) is 0. The molecule has 0 saturated carbocycles. The van der Waals surface area contributed by atoms with Gasteiger partial charge in [0.1, 0.15) is 5.75 Å². The average molecular weight is 353 g/mol. The van der Waals surface area contributed by atoms with Gasteiger partial charge in [-0.2, -0.15) is 0 Å². The highest BCUT2D eigenvalue weighted by atomic mass is 16.5. The van der Waals surface area contributed by atoms with E-state index in [4.69, 9.17) is 4.74 Å². The zero-order chi connectivity index (χ0) is 18.2. The Morgan fingerprint density at radius 2 is 1.73 bits per heavy atom. The van der Waals surface area contributed by atoms with E-state index in [-0.39, 0.29) is 5.97 Å². The molecule has 138 valence electrons. The summed E-state index contributed by atoms with van der Waals surface area (Å²) in [6.07, 6.45) is 6.06. The van der Waals surface area contributed by atoms with Crippen LogP contribution in [-0.2, 0) is 11.3 Å². The molecular weight excluding hydrogens is 326 g/mol. The van der Waals surface area contributed by atoms with Crippen molar-refractivity contribution in [3.05, 3.63) is 54.4 Å². The predicted octanol–water partition coefficient (Wildman–Crippen LogP) is 3.50. The predicted molar refractivity (Wildman–Crippen MR) is 103 cm³/mol. The number of hydrogen-bond acceptors (Lipinski definition) is 5. The van der Waals surface area contributed by atoms with Crippen molar-refractivity contribution >= 4 is 11.7 Å². The van der Waals surface area contributed by atoms with E-state index in [0.717, 1.165) is 45.6 Å². The Kier molecular flexibility index (Phi) is 6.61. The summed E-state index contributed by atoms with van der Waals surface area (Å²) in [6.45, 7) is 7.12. The molecule has 1 aromatic heterocycles. The Morgan fingerprint density at radius 3 is 2.38 bits per heavy atom. The van der Waals surface area contributed by atoms with E-state index in [9.17, 15) is 4.79 Å². The lowest BCUT2D eigenvalue weighted by Gasteiger charge is -2.36. The van der Waals surface area contributed by atoms with Gasteiger partial charge in [-0.15, -0.1) is 0 Å². The summed E-state index contributed by atoms with van der Waals surface area (Å²) in [5, 5.41) is 0. The fourth-order valence-corrected chi connectivity index (χ4v) is 3.14. The summed E-state index contributed by atoms with van der Waals surface area (Å²) in [5.74, 6) is 0.490. The van der Waals surface area contributed by atoms with Crippen molar-refractivity contribution in [2.24, 2.45) is 0 Å². The summed E-state index contributed by atoms with van der Waals surface area (Å²) in [5.41, 5.74) is 2.49. The molecule has 2 heterocycles. The molecule has 1 aliphatic rings. The first-order chi connectivity index (χ1) is 12.7. The smallest absolute Gasteiger partial charge is 0.311 e. The molecule has 0 spiro atoms. The Bertz CT molecular complexity index is 680. The van der Waals surface area contributed by atoms with Crippen LogP contribution in [0.5, 0.6) is 5.75 Å². The lowest BCUT2D eigenvalue weighted by atomic mass is 10.2. The van der Waals surface area contributed by atoms with Crippen molar-refractivity contribution in [2.75, 3.05) is 31.1 Å². The molecule has 0 atom stereocenters. The third kappa shape index (κ3) is 5.30. The third-order valence-corrected chi connectivity index (χ3v) is 4.70. The molecule has 1 fully saturated rings. The zero-order valence-electron chi connectivity index (χ0n) is 15.4. The van der Waals surface area contributed by atoms with Crippen molar-refractivity contribution in [2.45, 2.75) is 32.7 Å². The maximum absolute atomic E-state index is 11.7. The molecule has 3 rings (SSSR count). The van der Waals surface area contributed by atoms with E-state index >= 15 is 0 Å². The van der Waals surface area contributed by atoms with Crippen LogP contribution in [0.15, 0.2) is 48.8 Å². The number of nitrogens with zero attached hydrogens (tertiary/aromatic N) is 3. The number of hydrogen-bond donors (Lipinski definition) is 0. The van der Waals surface area contributed by atoms with E-state index in [1.807, 2.05) is 24.5 Å². The largest absolute Gasteiger partial charge is 0.427 e. The number of anilines is 1. The Hall–Kier alpha value is -2.40. The Labute approximate surface area is 155 Å². The Balaban J connectivity index is 1.46. The van der Waals surface area contributed by atoms with Crippen LogP contribution in [0, 0.1) is 0 Å². The van der Waals surface area contributed by atoms with Gasteiger partial charge in [-0.25, -0.2) is 0 Å². The third-order valence-electron chi connectivity index (χ3n) is 4.70. The van der Waals surface area contributed by atoms with Gasteiger partial charge in [0.2, 0.25) is 0 Å². The molecule has 1 aliphatic heterocycles. The molecule has 1 saturated heterocycles. The number of rotatable bonds is 7. The van der Waals surface area contributed by atoms with Gasteiger partial charge in [0.15, 0.2) is 0 Å². The second-order valence-electron chi connectivity index (χ2n) is 6.69. The lowest BCUT2D eigenvalue weighted by molar-refractivity contribution is -0.134.